The molecule has 0 saturated carbocycles. The molecule has 7 heteroatoms. The van der Waals surface area contributed by atoms with Crippen LogP contribution in [0.1, 0.15) is 43.5 Å². The standard InChI is InChI=1S/C25H28ClNO5/c1-25(2,3)16-8-11-19(32-5)18(14-16)22(28)20-21(15-6-9-17(26)10-7-15)27(12-13-31-4)24(30)23(20)29/h6-11,14,21,28H,12-13H2,1-5H3/b22-20+. The van der Waals surface area contributed by atoms with Gasteiger partial charge in [-0.1, -0.05) is 50.6 Å². The largest absolute Gasteiger partial charge is 0.507 e. The number of benzene rings is 2. The molecule has 1 heterocycles. The van der Waals surface area contributed by atoms with E-state index in [0.717, 1.165) is 5.56 Å². The Morgan fingerprint density at radius 1 is 1.09 bits per heavy atom. The van der Waals surface area contributed by atoms with E-state index < -0.39 is 17.7 Å². The number of carbonyl (C=O) groups is 2. The van der Waals surface area contributed by atoms with E-state index in [1.54, 1.807) is 36.4 Å². The Bertz CT molecular complexity index is 1050. The fourth-order valence-corrected chi connectivity index (χ4v) is 3.92. The molecule has 6 nitrogen and oxygen atoms in total. The van der Waals surface area contributed by atoms with Gasteiger partial charge in [-0.05, 0) is 40.8 Å². The van der Waals surface area contributed by atoms with E-state index in [-0.39, 0.29) is 29.9 Å². The predicted octanol–water partition coefficient (Wildman–Crippen LogP) is 4.71. The summed E-state index contributed by atoms with van der Waals surface area (Å²) in [4.78, 5) is 27.4. The number of hydrogen-bond acceptors (Lipinski definition) is 5. The number of likely N-dealkylation sites (tertiary alicyclic amines) is 1. The van der Waals surface area contributed by atoms with Crippen molar-refractivity contribution in [1.82, 2.24) is 4.90 Å². The molecule has 1 amide bonds. The van der Waals surface area contributed by atoms with Crippen LogP contribution in [0.5, 0.6) is 5.75 Å². The molecule has 1 fully saturated rings. The summed E-state index contributed by atoms with van der Waals surface area (Å²) in [7, 11) is 3.02. The van der Waals surface area contributed by atoms with E-state index in [2.05, 4.69) is 20.8 Å². The molecular weight excluding hydrogens is 430 g/mol. The van der Waals surface area contributed by atoms with Gasteiger partial charge in [0.05, 0.1) is 30.9 Å². The van der Waals surface area contributed by atoms with Gasteiger partial charge in [0.1, 0.15) is 11.5 Å². The van der Waals surface area contributed by atoms with E-state index in [4.69, 9.17) is 21.1 Å². The molecule has 1 N–H and O–H groups in total. The van der Waals surface area contributed by atoms with Gasteiger partial charge in [0.25, 0.3) is 11.7 Å². The molecule has 3 rings (SSSR count). The molecule has 2 aromatic rings. The molecule has 32 heavy (non-hydrogen) atoms. The molecule has 1 aliphatic rings. The molecule has 1 aliphatic heterocycles. The molecule has 0 aliphatic carbocycles. The first-order valence-corrected chi connectivity index (χ1v) is 10.7. The Morgan fingerprint density at radius 3 is 2.31 bits per heavy atom. The lowest BCUT2D eigenvalue weighted by Gasteiger charge is -2.25. The van der Waals surface area contributed by atoms with Crippen molar-refractivity contribution in [2.45, 2.75) is 32.2 Å². The number of halogens is 1. The zero-order chi connectivity index (χ0) is 23.6. The maximum atomic E-state index is 13.1. The highest BCUT2D eigenvalue weighted by molar-refractivity contribution is 6.46. The van der Waals surface area contributed by atoms with Gasteiger partial charge in [0, 0.05) is 18.7 Å². The highest BCUT2D eigenvalue weighted by Crippen LogP contribution is 2.41. The van der Waals surface area contributed by atoms with Crippen LogP contribution in [0, 0.1) is 0 Å². The molecule has 2 aromatic carbocycles. The second kappa shape index (κ2) is 9.35. The van der Waals surface area contributed by atoms with Crippen LogP contribution in [0.15, 0.2) is 48.0 Å². The third-order valence-electron chi connectivity index (χ3n) is 5.58. The number of nitrogens with zero attached hydrogens (tertiary/aromatic N) is 1. The summed E-state index contributed by atoms with van der Waals surface area (Å²) in [5.41, 5.74) is 1.80. The maximum absolute atomic E-state index is 13.1. The first-order chi connectivity index (χ1) is 15.1. The summed E-state index contributed by atoms with van der Waals surface area (Å²) >= 11 is 6.04. The summed E-state index contributed by atoms with van der Waals surface area (Å²) in [5.74, 6) is -1.30. The molecule has 1 saturated heterocycles. The molecule has 0 spiro atoms. The highest BCUT2D eigenvalue weighted by Gasteiger charge is 2.46. The van der Waals surface area contributed by atoms with Gasteiger partial charge in [-0.25, -0.2) is 0 Å². The van der Waals surface area contributed by atoms with Gasteiger partial charge >= 0.3 is 0 Å². The number of amides is 1. The number of ketones is 1. The van der Waals surface area contributed by atoms with E-state index in [1.165, 1.54) is 19.1 Å². The quantitative estimate of drug-likeness (QED) is 0.386. The fraction of sp³-hybridized carbons (Fsp3) is 0.360. The van der Waals surface area contributed by atoms with Crippen molar-refractivity contribution in [2.75, 3.05) is 27.4 Å². The van der Waals surface area contributed by atoms with Crippen molar-refractivity contribution in [2.24, 2.45) is 0 Å². The Morgan fingerprint density at radius 2 is 1.75 bits per heavy atom. The minimum Gasteiger partial charge on any atom is -0.507 e. The normalized spacial score (nSPS) is 18.3. The smallest absolute Gasteiger partial charge is 0.295 e. The number of Topliss-reactive ketones (excluding diaryl/α,β-unsaturated/α-hetero) is 1. The van der Waals surface area contributed by atoms with Crippen molar-refractivity contribution < 1.29 is 24.2 Å². The number of carbonyl (C=O) groups excluding carboxylic acids is 2. The molecule has 0 radical (unpaired) electrons. The molecule has 0 aromatic heterocycles. The fourth-order valence-electron chi connectivity index (χ4n) is 3.80. The van der Waals surface area contributed by atoms with Crippen molar-refractivity contribution >= 4 is 29.1 Å². The number of aliphatic hydroxyl groups is 1. The van der Waals surface area contributed by atoms with Gasteiger partial charge < -0.3 is 19.5 Å². The Balaban J connectivity index is 2.25. The van der Waals surface area contributed by atoms with Gasteiger partial charge in [-0.2, -0.15) is 0 Å². The van der Waals surface area contributed by atoms with Crippen LogP contribution in [-0.2, 0) is 19.7 Å². The molecule has 1 atom stereocenters. The predicted molar refractivity (Wildman–Crippen MR) is 124 cm³/mol. The van der Waals surface area contributed by atoms with E-state index in [0.29, 0.717) is 21.9 Å². The van der Waals surface area contributed by atoms with E-state index in [9.17, 15) is 14.7 Å². The van der Waals surface area contributed by atoms with Gasteiger partial charge in [-0.3, -0.25) is 9.59 Å². The Labute approximate surface area is 193 Å². The number of methoxy groups -OCH3 is 2. The number of aliphatic hydroxyl groups excluding tert-OH is 1. The lowest BCUT2D eigenvalue weighted by molar-refractivity contribution is -0.140. The minimum atomic E-state index is -0.773. The SMILES string of the molecule is COCCN1C(=O)C(=O)/C(=C(/O)c2cc(C(C)(C)C)ccc2OC)C1c1ccc(Cl)cc1. The van der Waals surface area contributed by atoms with Gasteiger partial charge in [-0.15, -0.1) is 0 Å². The zero-order valence-electron chi connectivity index (χ0n) is 18.9. The van der Waals surface area contributed by atoms with Crippen LogP contribution in [0.3, 0.4) is 0 Å². The first-order valence-electron chi connectivity index (χ1n) is 10.3. The summed E-state index contributed by atoms with van der Waals surface area (Å²) in [5, 5.41) is 11.9. The van der Waals surface area contributed by atoms with Gasteiger partial charge in [0.2, 0.25) is 0 Å². The van der Waals surface area contributed by atoms with Crippen molar-refractivity contribution in [1.29, 1.82) is 0 Å². The first kappa shape index (κ1) is 23.8. The number of ether oxygens (including phenoxy) is 2. The molecule has 170 valence electrons. The number of rotatable bonds is 6. The lowest BCUT2D eigenvalue weighted by Crippen LogP contribution is -2.32. The average Bonchev–Trinajstić information content (AvgIpc) is 3.01. The van der Waals surface area contributed by atoms with Gasteiger partial charge in [0.15, 0.2) is 0 Å². The van der Waals surface area contributed by atoms with Crippen LogP contribution in [0.2, 0.25) is 5.02 Å². The van der Waals surface area contributed by atoms with Crippen LogP contribution < -0.4 is 4.74 Å². The highest BCUT2D eigenvalue weighted by atomic mass is 35.5. The summed E-state index contributed by atoms with van der Waals surface area (Å²) < 4.78 is 10.6. The van der Waals surface area contributed by atoms with Crippen molar-refractivity contribution in [3.63, 3.8) is 0 Å². The second-order valence-electron chi connectivity index (χ2n) is 8.70. The van der Waals surface area contributed by atoms with Crippen LogP contribution in [-0.4, -0.2) is 49.1 Å². The number of hydrogen-bond donors (Lipinski definition) is 1. The van der Waals surface area contributed by atoms with E-state index in [1.807, 2.05) is 6.07 Å². The maximum Gasteiger partial charge on any atom is 0.295 e. The molecule has 1 unspecified atom stereocenters. The zero-order valence-corrected chi connectivity index (χ0v) is 19.7. The topological polar surface area (TPSA) is 76.1 Å². The van der Waals surface area contributed by atoms with Crippen molar-refractivity contribution in [3.05, 3.63) is 69.8 Å². The van der Waals surface area contributed by atoms with Crippen LogP contribution in [0.25, 0.3) is 5.76 Å². The Kier molecular flexibility index (Phi) is 6.96. The molecule has 0 bridgehead atoms. The molecular formula is C25H28ClNO5. The van der Waals surface area contributed by atoms with Crippen LogP contribution in [0.4, 0.5) is 0 Å². The van der Waals surface area contributed by atoms with E-state index >= 15 is 0 Å². The third-order valence-corrected chi connectivity index (χ3v) is 5.83. The van der Waals surface area contributed by atoms with Crippen LogP contribution >= 0.6 is 11.6 Å². The Hall–Kier alpha value is -2.83. The minimum absolute atomic E-state index is 0.0118. The summed E-state index contributed by atoms with van der Waals surface area (Å²) in [6.45, 7) is 6.60. The average molecular weight is 458 g/mol. The second-order valence-corrected chi connectivity index (χ2v) is 9.14. The lowest BCUT2D eigenvalue weighted by atomic mass is 9.85. The third kappa shape index (κ3) is 4.52. The monoisotopic (exact) mass is 457 g/mol. The summed E-state index contributed by atoms with van der Waals surface area (Å²) in [6, 6.07) is 11.6. The van der Waals surface area contributed by atoms with Crippen molar-refractivity contribution in [3.8, 4) is 5.75 Å². The summed E-state index contributed by atoms with van der Waals surface area (Å²) in [6.07, 6.45) is 0.